The van der Waals surface area contributed by atoms with Crippen LogP contribution in [-0.2, 0) is 10.3 Å². The number of urea groups is 1. The lowest BCUT2D eigenvalue weighted by molar-refractivity contribution is -0.133. The molecule has 1 spiro atoms. The number of fused-ring (bicyclic) bond motifs is 2. The Hall–Kier alpha value is -3.06. The van der Waals surface area contributed by atoms with Gasteiger partial charge >= 0.3 is 6.03 Å². The lowest BCUT2D eigenvalue weighted by atomic mass is 9.84. The number of ether oxygens (including phenoxy) is 2. The number of carbonyl (C=O) groups is 2. The molecule has 0 unspecified atom stereocenters. The fourth-order valence-corrected chi connectivity index (χ4v) is 3.51. The second kappa shape index (κ2) is 6.92. The molecule has 4 rings (SSSR count). The predicted octanol–water partition coefficient (Wildman–Crippen LogP) is 1.66. The molecular formula is C20H20N2O5. The first-order valence-corrected chi connectivity index (χ1v) is 8.82. The summed E-state index contributed by atoms with van der Waals surface area (Å²) in [4.78, 5) is 26.6. The molecule has 0 saturated carbocycles. The Bertz CT molecular complexity index is 856. The number of rotatable bonds is 5. The maximum absolute atomic E-state index is 13.1. The van der Waals surface area contributed by atoms with Gasteiger partial charge in [-0.25, -0.2) is 4.79 Å². The second-order valence-corrected chi connectivity index (χ2v) is 6.62. The van der Waals surface area contributed by atoms with Gasteiger partial charge in [-0.2, -0.15) is 0 Å². The van der Waals surface area contributed by atoms with Gasteiger partial charge in [-0.3, -0.25) is 9.69 Å². The van der Waals surface area contributed by atoms with Gasteiger partial charge in [0.15, 0.2) is 5.54 Å². The van der Waals surface area contributed by atoms with Gasteiger partial charge < -0.3 is 19.9 Å². The minimum atomic E-state index is -1.13. The first kappa shape index (κ1) is 17.4. The smallest absolute Gasteiger partial charge is 0.325 e. The SMILES string of the molecule is O=C1N[C@]2(CCOc3ccccc32)C(=O)N1C[C@H](O)COc1ccccc1. The van der Waals surface area contributed by atoms with Gasteiger partial charge in [0.25, 0.3) is 5.91 Å². The van der Waals surface area contributed by atoms with E-state index in [0.717, 1.165) is 4.90 Å². The van der Waals surface area contributed by atoms with Crippen molar-refractivity contribution in [3.63, 3.8) is 0 Å². The van der Waals surface area contributed by atoms with E-state index >= 15 is 0 Å². The van der Waals surface area contributed by atoms with Crippen molar-refractivity contribution < 1.29 is 24.2 Å². The van der Waals surface area contributed by atoms with Gasteiger partial charge in [0.2, 0.25) is 0 Å². The molecule has 2 aliphatic heterocycles. The van der Waals surface area contributed by atoms with Crippen LogP contribution in [0.15, 0.2) is 54.6 Å². The van der Waals surface area contributed by atoms with E-state index < -0.39 is 17.7 Å². The number of hydrogen-bond acceptors (Lipinski definition) is 5. The van der Waals surface area contributed by atoms with E-state index in [-0.39, 0.29) is 19.1 Å². The van der Waals surface area contributed by atoms with Crippen LogP contribution in [-0.4, -0.2) is 47.8 Å². The van der Waals surface area contributed by atoms with Crippen LogP contribution < -0.4 is 14.8 Å². The van der Waals surface area contributed by atoms with Gasteiger partial charge in [-0.1, -0.05) is 36.4 Å². The van der Waals surface area contributed by atoms with E-state index in [1.54, 1.807) is 30.3 Å². The van der Waals surface area contributed by atoms with Gasteiger partial charge in [0, 0.05) is 12.0 Å². The minimum absolute atomic E-state index is 0.0201. The topological polar surface area (TPSA) is 88.1 Å². The summed E-state index contributed by atoms with van der Waals surface area (Å²) in [7, 11) is 0. The van der Waals surface area contributed by atoms with E-state index in [2.05, 4.69) is 5.32 Å². The third kappa shape index (κ3) is 3.10. The summed E-state index contributed by atoms with van der Waals surface area (Å²) >= 11 is 0. The molecule has 140 valence electrons. The van der Waals surface area contributed by atoms with Crippen molar-refractivity contribution in [2.24, 2.45) is 0 Å². The average molecular weight is 368 g/mol. The fourth-order valence-electron chi connectivity index (χ4n) is 3.51. The number of imide groups is 1. The molecule has 27 heavy (non-hydrogen) atoms. The molecule has 0 radical (unpaired) electrons. The van der Waals surface area contributed by atoms with E-state index in [0.29, 0.717) is 30.1 Å². The number of aliphatic hydroxyl groups excluding tert-OH is 1. The summed E-state index contributed by atoms with van der Waals surface area (Å²) in [5.41, 5.74) is -0.488. The molecule has 2 heterocycles. The van der Waals surface area contributed by atoms with Gasteiger partial charge in [0.05, 0.1) is 13.2 Å². The summed E-state index contributed by atoms with van der Waals surface area (Å²) < 4.78 is 11.1. The number of amides is 3. The predicted molar refractivity (Wildman–Crippen MR) is 96.4 cm³/mol. The molecule has 7 heteroatoms. The number of para-hydroxylation sites is 2. The summed E-state index contributed by atoms with van der Waals surface area (Å²) in [5, 5.41) is 13.1. The summed E-state index contributed by atoms with van der Waals surface area (Å²) in [6.45, 7) is 0.173. The fraction of sp³-hybridized carbons (Fsp3) is 0.300. The van der Waals surface area contributed by atoms with Crippen LogP contribution in [0.1, 0.15) is 12.0 Å². The lowest BCUT2D eigenvalue weighted by Gasteiger charge is -2.33. The lowest BCUT2D eigenvalue weighted by Crippen LogP contribution is -2.48. The molecule has 2 aliphatic rings. The molecule has 2 N–H and O–H groups in total. The summed E-state index contributed by atoms with van der Waals surface area (Å²) in [5.74, 6) is 0.831. The largest absolute Gasteiger partial charge is 0.493 e. The molecule has 0 bridgehead atoms. The zero-order valence-corrected chi connectivity index (χ0v) is 14.6. The van der Waals surface area contributed by atoms with Crippen LogP contribution in [0.25, 0.3) is 0 Å². The van der Waals surface area contributed by atoms with E-state index in [9.17, 15) is 14.7 Å². The first-order valence-electron chi connectivity index (χ1n) is 8.82. The molecule has 0 aliphatic carbocycles. The van der Waals surface area contributed by atoms with Crippen LogP contribution in [0.2, 0.25) is 0 Å². The highest BCUT2D eigenvalue weighted by Gasteiger charge is 2.55. The number of aliphatic hydroxyl groups is 1. The van der Waals surface area contributed by atoms with Crippen LogP contribution in [0.5, 0.6) is 11.5 Å². The maximum Gasteiger partial charge on any atom is 0.325 e. The number of nitrogens with zero attached hydrogens (tertiary/aromatic N) is 1. The Kier molecular flexibility index (Phi) is 4.45. The van der Waals surface area contributed by atoms with Crippen molar-refractivity contribution in [3.05, 3.63) is 60.2 Å². The number of nitrogens with one attached hydrogen (secondary N) is 1. The van der Waals surface area contributed by atoms with Crippen LogP contribution in [0, 0.1) is 0 Å². The highest BCUT2D eigenvalue weighted by atomic mass is 16.5. The van der Waals surface area contributed by atoms with Crippen molar-refractivity contribution in [2.45, 2.75) is 18.1 Å². The minimum Gasteiger partial charge on any atom is -0.493 e. The van der Waals surface area contributed by atoms with Crippen molar-refractivity contribution >= 4 is 11.9 Å². The average Bonchev–Trinajstić information content (AvgIpc) is 2.92. The van der Waals surface area contributed by atoms with E-state index in [1.165, 1.54) is 0 Å². The Morgan fingerprint density at radius 2 is 1.89 bits per heavy atom. The molecule has 2 atom stereocenters. The van der Waals surface area contributed by atoms with E-state index in [4.69, 9.17) is 9.47 Å². The molecule has 0 aromatic heterocycles. The number of carbonyl (C=O) groups excluding carboxylic acids is 2. The normalized spacial score (nSPS) is 22.2. The standard InChI is InChI=1S/C20H20N2O5/c23-14(13-27-15-6-2-1-3-7-15)12-22-18(24)20(21-19(22)25)10-11-26-17-9-5-4-8-16(17)20/h1-9,14,23H,10-13H2,(H,21,25)/t14-,20-/m0/s1. The zero-order chi connectivity index (χ0) is 18.9. The highest BCUT2D eigenvalue weighted by Crippen LogP contribution is 2.40. The van der Waals surface area contributed by atoms with Crippen LogP contribution >= 0.6 is 0 Å². The van der Waals surface area contributed by atoms with Crippen molar-refractivity contribution in [1.29, 1.82) is 0 Å². The van der Waals surface area contributed by atoms with Crippen molar-refractivity contribution in [1.82, 2.24) is 10.2 Å². The van der Waals surface area contributed by atoms with Crippen molar-refractivity contribution in [2.75, 3.05) is 19.8 Å². The third-order valence-corrected chi connectivity index (χ3v) is 4.84. The molecule has 2 aromatic carbocycles. The molecule has 1 fully saturated rings. The number of benzene rings is 2. The van der Waals surface area contributed by atoms with Gasteiger partial charge in [-0.05, 0) is 18.2 Å². The number of β-amino-alcohol motifs (C(OH)–C–C–N with tert-alkyl or cyclic N) is 1. The molecule has 7 nitrogen and oxygen atoms in total. The molecule has 1 saturated heterocycles. The second-order valence-electron chi connectivity index (χ2n) is 6.62. The van der Waals surface area contributed by atoms with E-state index in [1.807, 2.05) is 24.3 Å². The molecular weight excluding hydrogens is 348 g/mol. The summed E-state index contributed by atoms with van der Waals surface area (Å²) in [6, 6.07) is 15.7. The van der Waals surface area contributed by atoms with Crippen LogP contribution in [0.3, 0.4) is 0 Å². The number of hydrogen-bond donors (Lipinski definition) is 2. The third-order valence-electron chi connectivity index (χ3n) is 4.84. The summed E-state index contributed by atoms with van der Waals surface area (Å²) in [6.07, 6.45) is -0.646. The monoisotopic (exact) mass is 368 g/mol. The van der Waals surface area contributed by atoms with Gasteiger partial charge in [0.1, 0.15) is 24.2 Å². The van der Waals surface area contributed by atoms with Gasteiger partial charge in [-0.15, -0.1) is 0 Å². The first-order chi connectivity index (χ1) is 13.1. The van der Waals surface area contributed by atoms with Crippen molar-refractivity contribution in [3.8, 4) is 11.5 Å². The maximum atomic E-state index is 13.1. The zero-order valence-electron chi connectivity index (χ0n) is 14.6. The Labute approximate surface area is 156 Å². The molecule has 2 aromatic rings. The highest BCUT2D eigenvalue weighted by molar-refractivity contribution is 6.08. The Morgan fingerprint density at radius 1 is 1.15 bits per heavy atom. The van der Waals surface area contributed by atoms with Crippen LogP contribution in [0.4, 0.5) is 4.79 Å². The Morgan fingerprint density at radius 3 is 2.70 bits per heavy atom. The Balaban J connectivity index is 1.48. The molecule has 3 amide bonds. The quantitative estimate of drug-likeness (QED) is 0.784.